The number of carbonyl (C=O) groups excluding carboxylic acids is 2. The summed E-state index contributed by atoms with van der Waals surface area (Å²) in [6.07, 6.45) is 2.66. The van der Waals surface area contributed by atoms with Gasteiger partial charge in [0.1, 0.15) is 11.0 Å². The van der Waals surface area contributed by atoms with E-state index in [1.807, 2.05) is 0 Å². The van der Waals surface area contributed by atoms with Crippen molar-refractivity contribution in [1.29, 1.82) is 0 Å². The Bertz CT molecular complexity index is 405. The maximum Gasteiger partial charge on any atom is 0.148 e. The van der Waals surface area contributed by atoms with Crippen LogP contribution in [0, 0.1) is 0 Å². The predicted molar refractivity (Wildman–Crippen MR) is 81.2 cm³/mol. The SMILES string of the molecule is CCc1cc(CPC(C)=O)cc(CPC(C)=O)c1. The van der Waals surface area contributed by atoms with Gasteiger partial charge in [-0.15, -0.1) is 0 Å². The van der Waals surface area contributed by atoms with Gasteiger partial charge in [-0.1, -0.05) is 25.1 Å². The Labute approximate surface area is 113 Å². The molecule has 0 N–H and O–H groups in total. The molecular formula is C14H20O2P2. The second-order valence-corrected chi connectivity index (χ2v) is 7.15. The highest BCUT2D eigenvalue weighted by Crippen LogP contribution is 2.25. The van der Waals surface area contributed by atoms with Crippen LogP contribution in [0.4, 0.5) is 0 Å². The highest BCUT2D eigenvalue weighted by atomic mass is 31.1. The molecule has 1 rings (SSSR count). The van der Waals surface area contributed by atoms with Crippen molar-refractivity contribution < 1.29 is 9.59 Å². The molecule has 0 aromatic heterocycles. The first-order valence-electron chi connectivity index (χ1n) is 6.12. The quantitative estimate of drug-likeness (QED) is 0.715. The lowest BCUT2D eigenvalue weighted by atomic mass is 10.1. The molecule has 4 heteroatoms. The van der Waals surface area contributed by atoms with Crippen LogP contribution in [-0.2, 0) is 28.3 Å². The summed E-state index contributed by atoms with van der Waals surface area (Å²) < 4.78 is 0. The van der Waals surface area contributed by atoms with Crippen molar-refractivity contribution in [3.8, 4) is 0 Å². The summed E-state index contributed by atoms with van der Waals surface area (Å²) in [4.78, 5) is 22.1. The van der Waals surface area contributed by atoms with Crippen LogP contribution in [0.1, 0.15) is 37.5 Å². The zero-order chi connectivity index (χ0) is 13.5. The highest BCUT2D eigenvalue weighted by molar-refractivity contribution is 7.57. The summed E-state index contributed by atoms with van der Waals surface area (Å²) in [6.45, 7) is 5.41. The summed E-state index contributed by atoms with van der Waals surface area (Å²) in [5.41, 5.74) is 4.26. The first-order valence-corrected chi connectivity index (χ1v) is 8.53. The van der Waals surface area contributed by atoms with E-state index in [1.165, 1.54) is 16.7 Å². The molecule has 0 saturated carbocycles. The van der Waals surface area contributed by atoms with Gasteiger partial charge < -0.3 is 0 Å². The van der Waals surface area contributed by atoms with Gasteiger partial charge in [0.25, 0.3) is 0 Å². The zero-order valence-corrected chi connectivity index (χ0v) is 13.2. The normalized spacial score (nSPS) is 11.7. The van der Waals surface area contributed by atoms with Crippen molar-refractivity contribution in [1.82, 2.24) is 0 Å². The third kappa shape index (κ3) is 5.85. The molecular weight excluding hydrogens is 262 g/mol. The number of carbonyl (C=O) groups is 2. The number of aryl methyl sites for hydroxylation is 1. The van der Waals surface area contributed by atoms with E-state index in [1.54, 1.807) is 13.8 Å². The first-order chi connectivity index (χ1) is 8.51. The van der Waals surface area contributed by atoms with Gasteiger partial charge in [-0.3, -0.25) is 9.59 Å². The Kier molecular flexibility index (Phi) is 6.68. The van der Waals surface area contributed by atoms with Crippen molar-refractivity contribution in [2.45, 2.75) is 39.5 Å². The molecule has 0 saturated heterocycles. The molecule has 1 aromatic carbocycles. The maximum atomic E-state index is 11.0. The van der Waals surface area contributed by atoms with E-state index in [9.17, 15) is 9.59 Å². The molecule has 18 heavy (non-hydrogen) atoms. The van der Waals surface area contributed by atoms with E-state index in [2.05, 4.69) is 25.1 Å². The Morgan fingerprint density at radius 3 is 1.61 bits per heavy atom. The van der Waals surface area contributed by atoms with Crippen molar-refractivity contribution >= 4 is 28.2 Å². The van der Waals surface area contributed by atoms with Gasteiger partial charge >= 0.3 is 0 Å². The number of benzene rings is 1. The minimum absolute atomic E-state index is 0.254. The highest BCUT2D eigenvalue weighted by Gasteiger charge is 2.03. The summed E-state index contributed by atoms with van der Waals surface area (Å²) in [6, 6.07) is 6.50. The van der Waals surface area contributed by atoms with E-state index >= 15 is 0 Å². The van der Waals surface area contributed by atoms with Gasteiger partial charge in [-0.05, 0) is 66.4 Å². The fraction of sp³-hybridized carbons (Fsp3) is 0.429. The van der Waals surface area contributed by atoms with Gasteiger partial charge in [-0.25, -0.2) is 0 Å². The number of rotatable bonds is 7. The Balaban J connectivity index is 2.80. The monoisotopic (exact) mass is 282 g/mol. The van der Waals surface area contributed by atoms with Crippen LogP contribution >= 0.6 is 17.2 Å². The van der Waals surface area contributed by atoms with Gasteiger partial charge in [0.2, 0.25) is 0 Å². The number of hydrogen-bond donors (Lipinski definition) is 0. The van der Waals surface area contributed by atoms with Gasteiger partial charge in [-0.2, -0.15) is 0 Å². The third-order valence-electron chi connectivity index (χ3n) is 2.60. The molecule has 0 aliphatic rings. The molecule has 2 nitrogen and oxygen atoms in total. The summed E-state index contributed by atoms with van der Waals surface area (Å²) in [5, 5.41) is 0. The van der Waals surface area contributed by atoms with Gasteiger partial charge in [0, 0.05) is 0 Å². The largest absolute Gasteiger partial charge is 0.295 e. The van der Waals surface area contributed by atoms with E-state index < -0.39 is 0 Å². The smallest absolute Gasteiger partial charge is 0.148 e. The lowest BCUT2D eigenvalue weighted by Crippen LogP contribution is -1.92. The molecule has 2 atom stereocenters. The van der Waals surface area contributed by atoms with Crippen molar-refractivity contribution in [3.05, 3.63) is 34.9 Å². The molecule has 0 radical (unpaired) electrons. The van der Waals surface area contributed by atoms with E-state index in [0.717, 1.165) is 18.7 Å². The topological polar surface area (TPSA) is 34.1 Å². The van der Waals surface area contributed by atoms with Gasteiger partial charge in [0.05, 0.1) is 0 Å². The summed E-state index contributed by atoms with van der Waals surface area (Å²) >= 11 is 0. The standard InChI is InChI=1S/C14H20O2P2/c1-4-12-5-13(8-17-10(2)15)7-14(6-12)9-18-11(3)16/h5-7,17-18H,4,8-9H2,1-3H3. The van der Waals surface area contributed by atoms with Crippen molar-refractivity contribution in [2.75, 3.05) is 0 Å². The average Bonchev–Trinajstić information content (AvgIpc) is 2.33. The summed E-state index contributed by atoms with van der Waals surface area (Å²) in [5.74, 6) is 0. The van der Waals surface area contributed by atoms with Gasteiger partial charge in [0.15, 0.2) is 0 Å². The van der Waals surface area contributed by atoms with Crippen LogP contribution in [0.15, 0.2) is 18.2 Å². The molecule has 0 amide bonds. The van der Waals surface area contributed by atoms with E-state index in [0.29, 0.717) is 17.2 Å². The van der Waals surface area contributed by atoms with Crippen LogP contribution in [0.2, 0.25) is 0 Å². The second-order valence-electron chi connectivity index (χ2n) is 4.33. The molecule has 98 valence electrons. The van der Waals surface area contributed by atoms with Crippen LogP contribution in [-0.4, -0.2) is 11.0 Å². The maximum absolute atomic E-state index is 11.0. The van der Waals surface area contributed by atoms with Crippen molar-refractivity contribution in [2.24, 2.45) is 0 Å². The average molecular weight is 282 g/mol. The second kappa shape index (κ2) is 7.77. The molecule has 2 unspecified atom stereocenters. The fourth-order valence-electron chi connectivity index (χ4n) is 1.70. The van der Waals surface area contributed by atoms with Crippen LogP contribution < -0.4 is 0 Å². The molecule has 0 spiro atoms. The van der Waals surface area contributed by atoms with Crippen LogP contribution in [0.3, 0.4) is 0 Å². The summed E-state index contributed by atoms with van der Waals surface area (Å²) in [7, 11) is 0.708. The Morgan fingerprint density at radius 2 is 1.28 bits per heavy atom. The number of hydrogen-bond acceptors (Lipinski definition) is 2. The Morgan fingerprint density at radius 1 is 0.889 bits per heavy atom. The lowest BCUT2D eigenvalue weighted by molar-refractivity contribution is -0.110. The van der Waals surface area contributed by atoms with Crippen molar-refractivity contribution in [3.63, 3.8) is 0 Å². The minimum atomic E-state index is 0.254. The van der Waals surface area contributed by atoms with E-state index in [-0.39, 0.29) is 11.0 Å². The fourth-order valence-corrected chi connectivity index (χ4v) is 3.02. The van der Waals surface area contributed by atoms with Crippen LogP contribution in [0.25, 0.3) is 0 Å². The zero-order valence-electron chi connectivity index (χ0n) is 11.2. The molecule has 0 aliphatic heterocycles. The predicted octanol–water partition coefficient (Wildman–Crippen LogP) is 3.70. The molecule has 0 fully saturated rings. The van der Waals surface area contributed by atoms with E-state index in [4.69, 9.17) is 0 Å². The Hall–Kier alpha value is -0.580. The molecule has 0 aliphatic carbocycles. The molecule has 0 heterocycles. The molecule has 1 aromatic rings. The lowest BCUT2D eigenvalue weighted by Gasteiger charge is -2.08. The third-order valence-corrected chi connectivity index (χ3v) is 4.77. The van der Waals surface area contributed by atoms with Crippen LogP contribution in [0.5, 0.6) is 0 Å². The minimum Gasteiger partial charge on any atom is -0.295 e. The first kappa shape index (κ1) is 15.5. The molecule has 0 bridgehead atoms.